The molecule has 2 fully saturated rings. The van der Waals surface area contributed by atoms with Gasteiger partial charge >= 0.3 is 0 Å². The molecule has 5 rings (SSSR count). The fourth-order valence-electron chi connectivity index (χ4n) is 4.76. The summed E-state index contributed by atoms with van der Waals surface area (Å²) in [5.74, 6) is -0.306. The van der Waals surface area contributed by atoms with Gasteiger partial charge in [0.15, 0.2) is 0 Å². The van der Waals surface area contributed by atoms with E-state index in [4.69, 9.17) is 0 Å². The highest BCUT2D eigenvalue weighted by molar-refractivity contribution is 6.06. The third-order valence-corrected chi connectivity index (χ3v) is 5.96. The Kier molecular flexibility index (Phi) is 3.29. The van der Waals surface area contributed by atoms with Gasteiger partial charge in [-0.25, -0.2) is 0 Å². The molecule has 2 heterocycles. The van der Waals surface area contributed by atoms with Gasteiger partial charge in [0.2, 0.25) is 11.8 Å². The number of nitrogens with zero attached hydrogens (tertiary/aromatic N) is 1. The van der Waals surface area contributed by atoms with Crippen LogP contribution in [0.5, 0.6) is 0 Å². The molecule has 3 aliphatic rings. The first-order chi connectivity index (χ1) is 12.6. The Morgan fingerprint density at radius 3 is 2.50 bits per heavy atom. The Bertz CT molecular complexity index is 897. The van der Waals surface area contributed by atoms with Crippen LogP contribution in [-0.2, 0) is 9.59 Å². The molecule has 1 saturated heterocycles. The van der Waals surface area contributed by atoms with Crippen LogP contribution in [0.4, 0.5) is 0 Å². The number of benzene rings is 1. The summed E-state index contributed by atoms with van der Waals surface area (Å²) >= 11 is 0. The Labute approximate surface area is 150 Å². The lowest BCUT2D eigenvalue weighted by Gasteiger charge is -2.17. The number of hydrogen-bond acceptors (Lipinski definition) is 3. The number of amides is 3. The van der Waals surface area contributed by atoms with Gasteiger partial charge in [-0.2, -0.15) is 0 Å². The van der Waals surface area contributed by atoms with E-state index >= 15 is 0 Å². The minimum absolute atomic E-state index is 0.0725. The number of nitrogens with one attached hydrogen (secondary N) is 2. The molecule has 132 valence electrons. The number of para-hydroxylation sites is 1. The molecule has 0 spiro atoms. The summed E-state index contributed by atoms with van der Waals surface area (Å²) in [5, 5.41) is 3.77. The molecule has 2 aliphatic carbocycles. The van der Waals surface area contributed by atoms with Gasteiger partial charge in [-0.05, 0) is 30.4 Å². The molecule has 1 aromatic carbocycles. The van der Waals surface area contributed by atoms with Crippen molar-refractivity contribution in [2.24, 2.45) is 23.7 Å². The number of rotatable bonds is 4. The fourth-order valence-corrected chi connectivity index (χ4v) is 4.76. The number of carbonyl (C=O) groups excluding carboxylic acids is 3. The van der Waals surface area contributed by atoms with Gasteiger partial charge in [-0.3, -0.25) is 19.3 Å². The number of aromatic amines is 1. The average Bonchev–Trinajstić information content (AvgIpc) is 3.40. The zero-order valence-electron chi connectivity index (χ0n) is 14.1. The highest BCUT2D eigenvalue weighted by Crippen LogP contribution is 2.52. The van der Waals surface area contributed by atoms with E-state index in [1.54, 1.807) is 6.07 Å². The number of imide groups is 1. The van der Waals surface area contributed by atoms with Gasteiger partial charge in [-0.1, -0.05) is 30.4 Å². The van der Waals surface area contributed by atoms with Crippen molar-refractivity contribution in [3.63, 3.8) is 0 Å². The summed E-state index contributed by atoms with van der Waals surface area (Å²) in [5.41, 5.74) is 1.38. The van der Waals surface area contributed by atoms with E-state index in [1.807, 2.05) is 24.3 Å². The topological polar surface area (TPSA) is 82.3 Å². The standard InChI is InChI=1S/C20H19N3O3/c24-18(15-10-11-3-1-2-4-14(11)22-15)21-7-8-23-19(25)16-12-5-6-13(9-12)17(16)20(23)26/h1-6,10,12-13,16-17,22H,7-9H2,(H,21,24)/t12-,13-,16-,17-/m0/s1. The fraction of sp³-hybridized carbons (Fsp3) is 0.350. The lowest BCUT2D eigenvalue weighted by molar-refractivity contribution is -0.140. The molecule has 2 bridgehead atoms. The first-order valence-corrected chi connectivity index (χ1v) is 9.03. The molecule has 6 heteroatoms. The molecular formula is C20H19N3O3. The number of H-pyrrole nitrogens is 1. The highest BCUT2D eigenvalue weighted by Gasteiger charge is 2.58. The number of fused-ring (bicyclic) bond motifs is 6. The first-order valence-electron chi connectivity index (χ1n) is 9.03. The van der Waals surface area contributed by atoms with E-state index in [1.165, 1.54) is 4.90 Å². The van der Waals surface area contributed by atoms with Crippen molar-refractivity contribution in [2.75, 3.05) is 13.1 Å². The van der Waals surface area contributed by atoms with Crippen molar-refractivity contribution < 1.29 is 14.4 Å². The van der Waals surface area contributed by atoms with Crippen LogP contribution in [0.15, 0.2) is 42.5 Å². The molecule has 0 unspecified atom stereocenters. The largest absolute Gasteiger partial charge is 0.351 e. The minimum Gasteiger partial charge on any atom is -0.351 e. The number of hydrogen-bond donors (Lipinski definition) is 2. The SMILES string of the molecule is O=C(NCCN1C(=O)[C@@H]2[C@@H](C1=O)[C@H]1C=C[C@H]2C1)c1cc2ccccc2[nH]1. The number of aromatic nitrogens is 1. The van der Waals surface area contributed by atoms with E-state index in [0.29, 0.717) is 5.69 Å². The van der Waals surface area contributed by atoms with Crippen molar-refractivity contribution in [1.29, 1.82) is 0 Å². The Morgan fingerprint density at radius 1 is 1.12 bits per heavy atom. The summed E-state index contributed by atoms with van der Waals surface area (Å²) in [7, 11) is 0. The summed E-state index contributed by atoms with van der Waals surface area (Å²) in [6, 6.07) is 9.47. The third-order valence-electron chi connectivity index (χ3n) is 5.96. The Morgan fingerprint density at radius 2 is 1.81 bits per heavy atom. The van der Waals surface area contributed by atoms with Crippen molar-refractivity contribution in [1.82, 2.24) is 15.2 Å². The van der Waals surface area contributed by atoms with Crippen molar-refractivity contribution >= 4 is 28.6 Å². The number of carbonyl (C=O) groups is 3. The third kappa shape index (κ3) is 2.14. The van der Waals surface area contributed by atoms with Gasteiger partial charge < -0.3 is 10.3 Å². The van der Waals surface area contributed by atoms with Gasteiger partial charge in [0.25, 0.3) is 5.91 Å². The van der Waals surface area contributed by atoms with Crippen LogP contribution >= 0.6 is 0 Å². The molecule has 26 heavy (non-hydrogen) atoms. The van der Waals surface area contributed by atoms with E-state index in [-0.39, 0.29) is 54.5 Å². The molecule has 4 atom stereocenters. The molecule has 6 nitrogen and oxygen atoms in total. The predicted octanol–water partition coefficient (Wildman–Crippen LogP) is 1.70. The average molecular weight is 349 g/mol. The highest BCUT2D eigenvalue weighted by atomic mass is 16.2. The zero-order valence-corrected chi connectivity index (χ0v) is 14.1. The molecule has 3 amide bonds. The molecule has 2 N–H and O–H groups in total. The van der Waals surface area contributed by atoms with Crippen molar-refractivity contribution in [3.8, 4) is 0 Å². The Balaban J connectivity index is 1.22. The second-order valence-corrected chi connectivity index (χ2v) is 7.35. The summed E-state index contributed by atoms with van der Waals surface area (Å²) in [6.45, 7) is 0.490. The van der Waals surface area contributed by atoms with Crippen LogP contribution in [0.3, 0.4) is 0 Å². The van der Waals surface area contributed by atoms with E-state index in [2.05, 4.69) is 22.5 Å². The molecule has 0 radical (unpaired) electrons. The summed E-state index contributed by atoms with van der Waals surface area (Å²) in [4.78, 5) is 41.9. The second-order valence-electron chi connectivity index (χ2n) is 7.35. The summed E-state index contributed by atoms with van der Waals surface area (Å²) < 4.78 is 0. The van der Waals surface area contributed by atoms with Gasteiger partial charge in [0.1, 0.15) is 5.69 Å². The maximum atomic E-state index is 12.6. The van der Waals surface area contributed by atoms with Crippen LogP contribution < -0.4 is 5.32 Å². The maximum Gasteiger partial charge on any atom is 0.267 e. The van der Waals surface area contributed by atoms with Gasteiger partial charge in [0.05, 0.1) is 11.8 Å². The van der Waals surface area contributed by atoms with E-state index < -0.39 is 0 Å². The number of likely N-dealkylation sites (tertiary alicyclic amines) is 1. The summed E-state index contributed by atoms with van der Waals surface area (Å²) in [6.07, 6.45) is 5.09. The lowest BCUT2D eigenvalue weighted by atomic mass is 9.85. The quantitative estimate of drug-likeness (QED) is 0.651. The van der Waals surface area contributed by atoms with E-state index in [9.17, 15) is 14.4 Å². The first kappa shape index (κ1) is 15.4. The van der Waals surface area contributed by atoms with Crippen LogP contribution in [-0.4, -0.2) is 40.7 Å². The predicted molar refractivity (Wildman–Crippen MR) is 95.1 cm³/mol. The minimum atomic E-state index is -0.234. The van der Waals surface area contributed by atoms with Gasteiger partial charge in [0, 0.05) is 24.0 Å². The second kappa shape index (κ2) is 5.56. The molecule has 1 saturated carbocycles. The zero-order chi connectivity index (χ0) is 17.8. The molecule has 1 aliphatic heterocycles. The number of allylic oxidation sites excluding steroid dienone is 2. The monoisotopic (exact) mass is 349 g/mol. The van der Waals surface area contributed by atoms with Crippen LogP contribution in [0.2, 0.25) is 0 Å². The molecule has 2 aromatic rings. The molecular weight excluding hydrogens is 330 g/mol. The van der Waals surface area contributed by atoms with Crippen LogP contribution in [0.1, 0.15) is 16.9 Å². The molecule has 1 aromatic heterocycles. The maximum absolute atomic E-state index is 12.6. The van der Waals surface area contributed by atoms with Gasteiger partial charge in [-0.15, -0.1) is 0 Å². The van der Waals surface area contributed by atoms with E-state index in [0.717, 1.165) is 17.3 Å². The lowest BCUT2D eigenvalue weighted by Crippen LogP contribution is -2.39. The Hall–Kier alpha value is -2.89. The van der Waals surface area contributed by atoms with Crippen molar-refractivity contribution in [3.05, 3.63) is 48.2 Å². The van der Waals surface area contributed by atoms with Crippen molar-refractivity contribution in [2.45, 2.75) is 6.42 Å². The van der Waals surface area contributed by atoms with Crippen LogP contribution in [0, 0.1) is 23.7 Å². The smallest absolute Gasteiger partial charge is 0.267 e. The normalized spacial score (nSPS) is 29.0. The van der Waals surface area contributed by atoms with Crippen LogP contribution in [0.25, 0.3) is 10.9 Å².